The van der Waals surface area contributed by atoms with E-state index in [2.05, 4.69) is 27.0 Å². The van der Waals surface area contributed by atoms with Crippen LogP contribution in [0.5, 0.6) is 0 Å². The third-order valence-corrected chi connectivity index (χ3v) is 1.67. The van der Waals surface area contributed by atoms with Crippen LogP contribution in [0.1, 0.15) is 0 Å². The van der Waals surface area contributed by atoms with Crippen molar-refractivity contribution in [1.29, 1.82) is 0 Å². The smallest absolute Gasteiger partial charge is 0.404 e. The van der Waals surface area contributed by atoms with Gasteiger partial charge in [-0.1, -0.05) is 24.8 Å². The zero-order valence-electron chi connectivity index (χ0n) is 8.72. The molecule has 0 unspecified atom stereocenters. The van der Waals surface area contributed by atoms with Gasteiger partial charge in [-0.15, -0.1) is 0 Å². The zero-order valence-corrected chi connectivity index (χ0v) is 8.72. The average molecular weight is 219 g/mol. The first-order valence-electron chi connectivity index (χ1n) is 4.65. The van der Waals surface area contributed by atoms with Gasteiger partial charge in [-0.3, -0.25) is 0 Å². The van der Waals surface area contributed by atoms with Crippen LogP contribution < -0.4 is 5.73 Å². The molecule has 2 rings (SSSR count). The second-order valence-corrected chi connectivity index (χ2v) is 2.84. The number of nitrogens with zero attached hydrogens (tertiary/aromatic N) is 1. The molecule has 2 aromatic rings. The van der Waals surface area contributed by atoms with Crippen molar-refractivity contribution in [1.82, 2.24) is 9.97 Å². The predicted octanol–water partition coefficient (Wildman–Crippen LogP) is 1.83. The molecule has 1 heterocycles. The van der Waals surface area contributed by atoms with Crippen molar-refractivity contribution in [2.75, 3.05) is 6.61 Å². The van der Waals surface area contributed by atoms with E-state index in [4.69, 9.17) is 0 Å². The number of hydrogen-bond acceptors (Lipinski definition) is 3. The minimum Gasteiger partial charge on any atom is -0.445 e. The molecular weight excluding hydrogens is 206 g/mol. The lowest BCUT2D eigenvalue weighted by Gasteiger charge is -1.90. The lowest BCUT2D eigenvalue weighted by molar-refractivity contribution is 0.169. The zero-order chi connectivity index (χ0) is 11.8. The van der Waals surface area contributed by atoms with Crippen LogP contribution in [0, 0.1) is 0 Å². The third kappa shape index (κ3) is 3.83. The second-order valence-electron chi connectivity index (χ2n) is 2.84. The molecule has 0 saturated heterocycles. The number of primary amides is 1. The number of benzene rings is 1. The Bertz CT molecular complexity index is 435. The van der Waals surface area contributed by atoms with Gasteiger partial charge in [0, 0.05) is 0 Å². The van der Waals surface area contributed by atoms with Crippen LogP contribution in [0.25, 0.3) is 11.0 Å². The van der Waals surface area contributed by atoms with E-state index in [-0.39, 0.29) is 6.61 Å². The summed E-state index contributed by atoms with van der Waals surface area (Å²) in [5.74, 6) is 0. The molecule has 16 heavy (non-hydrogen) atoms. The van der Waals surface area contributed by atoms with Crippen LogP contribution in [0.2, 0.25) is 0 Å². The number of amides is 1. The number of para-hydroxylation sites is 2. The quantitative estimate of drug-likeness (QED) is 0.756. The summed E-state index contributed by atoms with van der Waals surface area (Å²) < 4.78 is 4.21. The van der Waals surface area contributed by atoms with Crippen molar-refractivity contribution in [3.63, 3.8) is 0 Å². The van der Waals surface area contributed by atoms with Crippen molar-refractivity contribution < 1.29 is 9.53 Å². The molecule has 5 heteroatoms. The van der Waals surface area contributed by atoms with Crippen molar-refractivity contribution in [2.45, 2.75) is 0 Å². The maximum atomic E-state index is 9.71. The summed E-state index contributed by atoms with van der Waals surface area (Å²) in [6.07, 6.45) is 2.38. The van der Waals surface area contributed by atoms with Crippen molar-refractivity contribution in [3.05, 3.63) is 43.2 Å². The molecule has 84 valence electrons. The molecule has 0 aliphatic carbocycles. The average Bonchev–Trinajstić information content (AvgIpc) is 2.75. The van der Waals surface area contributed by atoms with Crippen LogP contribution in [0.15, 0.2) is 43.2 Å². The van der Waals surface area contributed by atoms with Gasteiger partial charge >= 0.3 is 6.09 Å². The molecule has 0 aliphatic heterocycles. The molecule has 3 N–H and O–H groups in total. The summed E-state index contributed by atoms with van der Waals surface area (Å²) in [6, 6.07) is 7.94. The van der Waals surface area contributed by atoms with Gasteiger partial charge in [-0.25, -0.2) is 9.78 Å². The maximum Gasteiger partial charge on any atom is 0.404 e. The molecule has 0 radical (unpaired) electrons. The maximum absolute atomic E-state index is 9.71. The molecule has 1 aromatic carbocycles. The Kier molecular flexibility index (Phi) is 4.59. The standard InChI is InChI=1S/C7H6N2.C4H7NO2/c1-2-4-7-6(3-1)8-5-9-7;1-2-3-7-4(5)6/h1-5H,(H,8,9);2H,1,3H2,(H2,5,6). The fourth-order valence-corrected chi connectivity index (χ4v) is 1.02. The number of rotatable bonds is 2. The Morgan fingerprint density at radius 3 is 2.88 bits per heavy atom. The monoisotopic (exact) mass is 219 g/mol. The fraction of sp³-hybridized carbons (Fsp3) is 0.0909. The highest BCUT2D eigenvalue weighted by Crippen LogP contribution is 2.05. The molecule has 0 saturated carbocycles. The van der Waals surface area contributed by atoms with Gasteiger partial charge in [0.05, 0.1) is 17.4 Å². The third-order valence-electron chi connectivity index (χ3n) is 1.67. The van der Waals surface area contributed by atoms with E-state index < -0.39 is 6.09 Å². The Morgan fingerprint density at radius 2 is 2.31 bits per heavy atom. The highest BCUT2D eigenvalue weighted by molar-refractivity contribution is 5.73. The van der Waals surface area contributed by atoms with E-state index in [1.54, 1.807) is 6.33 Å². The van der Waals surface area contributed by atoms with Crippen molar-refractivity contribution >= 4 is 17.1 Å². The number of hydrogen-bond donors (Lipinski definition) is 2. The van der Waals surface area contributed by atoms with Gasteiger partial charge < -0.3 is 15.5 Å². The number of carbonyl (C=O) groups is 1. The number of fused-ring (bicyclic) bond motifs is 1. The molecule has 5 nitrogen and oxygen atoms in total. The van der Waals surface area contributed by atoms with Crippen molar-refractivity contribution in [3.8, 4) is 0 Å². The summed E-state index contributed by atoms with van der Waals surface area (Å²) in [5, 5.41) is 0. The number of carbonyl (C=O) groups excluding carboxylic acids is 1. The summed E-state index contributed by atoms with van der Waals surface area (Å²) >= 11 is 0. The highest BCUT2D eigenvalue weighted by Gasteiger charge is 1.88. The Labute approximate surface area is 92.9 Å². The summed E-state index contributed by atoms with van der Waals surface area (Å²) in [6.45, 7) is 3.49. The summed E-state index contributed by atoms with van der Waals surface area (Å²) in [4.78, 5) is 16.8. The van der Waals surface area contributed by atoms with E-state index >= 15 is 0 Å². The highest BCUT2D eigenvalue weighted by atomic mass is 16.5. The Morgan fingerprint density at radius 1 is 1.56 bits per heavy atom. The number of nitrogens with one attached hydrogen (secondary N) is 1. The van der Waals surface area contributed by atoms with Gasteiger partial charge in [-0.2, -0.15) is 0 Å². The Balaban J connectivity index is 0.000000168. The number of ether oxygens (including phenoxy) is 1. The molecule has 1 amide bonds. The number of aromatic amines is 1. The molecule has 0 aliphatic rings. The summed E-state index contributed by atoms with van der Waals surface area (Å²) in [5.41, 5.74) is 6.69. The van der Waals surface area contributed by atoms with E-state index in [9.17, 15) is 4.79 Å². The molecule has 1 aromatic heterocycles. The van der Waals surface area contributed by atoms with Gasteiger partial charge in [-0.05, 0) is 12.1 Å². The SMILES string of the molecule is C=CCOC(N)=O.c1ccc2[nH]cnc2c1. The van der Waals surface area contributed by atoms with Gasteiger partial charge in [0.1, 0.15) is 6.61 Å². The molecule has 0 bridgehead atoms. The van der Waals surface area contributed by atoms with E-state index in [1.807, 2.05) is 24.3 Å². The van der Waals surface area contributed by atoms with Gasteiger partial charge in [0.25, 0.3) is 0 Å². The summed E-state index contributed by atoms with van der Waals surface area (Å²) in [7, 11) is 0. The second kappa shape index (κ2) is 6.23. The van der Waals surface area contributed by atoms with Crippen LogP contribution in [-0.4, -0.2) is 22.7 Å². The van der Waals surface area contributed by atoms with Crippen LogP contribution in [0.4, 0.5) is 4.79 Å². The number of H-pyrrole nitrogens is 1. The normalized spacial score (nSPS) is 9.00. The molecule has 0 fully saturated rings. The van der Waals surface area contributed by atoms with E-state index in [0.29, 0.717) is 0 Å². The lowest BCUT2D eigenvalue weighted by Crippen LogP contribution is -2.12. The number of nitrogens with two attached hydrogens (primary N) is 1. The predicted molar refractivity (Wildman–Crippen MR) is 61.8 cm³/mol. The van der Waals surface area contributed by atoms with Crippen LogP contribution in [0.3, 0.4) is 0 Å². The minimum atomic E-state index is -0.764. The topological polar surface area (TPSA) is 81.0 Å². The van der Waals surface area contributed by atoms with Crippen LogP contribution >= 0.6 is 0 Å². The number of imidazole rings is 1. The van der Waals surface area contributed by atoms with E-state index in [1.165, 1.54) is 6.08 Å². The first kappa shape index (κ1) is 11.8. The molecule has 0 spiro atoms. The lowest BCUT2D eigenvalue weighted by atomic mass is 10.3. The first-order valence-corrected chi connectivity index (χ1v) is 4.65. The van der Waals surface area contributed by atoms with Gasteiger partial charge in [0.2, 0.25) is 0 Å². The van der Waals surface area contributed by atoms with Crippen LogP contribution in [-0.2, 0) is 4.74 Å². The van der Waals surface area contributed by atoms with Crippen molar-refractivity contribution in [2.24, 2.45) is 5.73 Å². The Hall–Kier alpha value is -2.30. The van der Waals surface area contributed by atoms with Gasteiger partial charge in [0.15, 0.2) is 0 Å². The molecule has 0 atom stereocenters. The minimum absolute atomic E-state index is 0.190. The number of aromatic nitrogens is 2. The fourth-order valence-electron chi connectivity index (χ4n) is 1.02. The first-order chi connectivity index (χ1) is 7.74. The molecular formula is C11H13N3O2. The van der Waals surface area contributed by atoms with E-state index in [0.717, 1.165) is 11.0 Å². The largest absolute Gasteiger partial charge is 0.445 e.